The Balaban J connectivity index is 1.36. The molecule has 1 saturated heterocycles. The first-order valence-corrected chi connectivity index (χ1v) is 9.96. The van der Waals surface area contributed by atoms with E-state index in [9.17, 15) is 27.2 Å². The lowest BCUT2D eigenvalue weighted by molar-refractivity contribution is -0.133. The molecule has 0 bridgehead atoms. The van der Waals surface area contributed by atoms with Gasteiger partial charge in [-0.05, 0) is 30.7 Å². The van der Waals surface area contributed by atoms with Crippen LogP contribution in [0.5, 0.6) is 5.75 Å². The number of amides is 2. The summed E-state index contributed by atoms with van der Waals surface area (Å²) in [4.78, 5) is 25.9. The van der Waals surface area contributed by atoms with Crippen molar-refractivity contribution in [2.75, 3.05) is 19.6 Å². The summed E-state index contributed by atoms with van der Waals surface area (Å²) in [5.74, 6) is -3.93. The first-order valence-electron chi connectivity index (χ1n) is 9.96. The van der Waals surface area contributed by atoms with E-state index in [1.165, 1.54) is 6.07 Å². The lowest BCUT2D eigenvalue weighted by Crippen LogP contribution is -2.42. The monoisotopic (exact) mass is 438 g/mol. The van der Waals surface area contributed by atoms with Crippen molar-refractivity contribution in [1.29, 1.82) is 0 Å². The first-order chi connectivity index (χ1) is 14.8. The first kappa shape index (κ1) is 22.6. The highest BCUT2D eigenvalue weighted by molar-refractivity contribution is 5.94. The van der Waals surface area contributed by atoms with Crippen LogP contribution in [0.25, 0.3) is 0 Å². The molecule has 3 rings (SSSR count). The van der Waals surface area contributed by atoms with Gasteiger partial charge >= 0.3 is 0 Å². The lowest BCUT2D eigenvalue weighted by Gasteiger charge is -2.32. The van der Waals surface area contributed by atoms with Gasteiger partial charge in [0, 0.05) is 51.0 Å². The molecule has 2 aromatic carbocycles. The van der Waals surface area contributed by atoms with E-state index in [4.69, 9.17) is 4.74 Å². The fourth-order valence-corrected chi connectivity index (χ4v) is 3.34. The number of rotatable bonds is 7. The van der Waals surface area contributed by atoms with Gasteiger partial charge in [0.25, 0.3) is 5.91 Å². The molecule has 2 amide bonds. The summed E-state index contributed by atoms with van der Waals surface area (Å²) >= 11 is 0. The second-order valence-electron chi connectivity index (χ2n) is 7.26. The van der Waals surface area contributed by atoms with Gasteiger partial charge in [0.05, 0.1) is 5.56 Å². The molecule has 1 heterocycles. The summed E-state index contributed by atoms with van der Waals surface area (Å²) in [5.41, 5.74) is -0.257. The van der Waals surface area contributed by atoms with Crippen molar-refractivity contribution in [3.8, 4) is 5.75 Å². The molecule has 0 aromatic heterocycles. The highest BCUT2D eigenvalue weighted by Gasteiger charge is 2.24. The van der Waals surface area contributed by atoms with Gasteiger partial charge in [-0.2, -0.15) is 0 Å². The van der Waals surface area contributed by atoms with Gasteiger partial charge in [-0.3, -0.25) is 9.59 Å². The summed E-state index contributed by atoms with van der Waals surface area (Å²) in [6.45, 7) is 1.06. The number of hydrogen-bond donors (Lipinski definition) is 1. The van der Waals surface area contributed by atoms with Crippen LogP contribution in [0.4, 0.5) is 17.6 Å². The molecule has 31 heavy (non-hydrogen) atoms. The van der Waals surface area contributed by atoms with Gasteiger partial charge in [-0.15, -0.1) is 0 Å². The topological polar surface area (TPSA) is 58.6 Å². The zero-order chi connectivity index (χ0) is 22.4. The average Bonchev–Trinajstić information content (AvgIpc) is 2.73. The van der Waals surface area contributed by atoms with E-state index in [2.05, 4.69) is 5.32 Å². The Bertz CT molecular complexity index is 946. The van der Waals surface area contributed by atoms with Crippen molar-refractivity contribution in [3.05, 3.63) is 65.2 Å². The quantitative estimate of drug-likeness (QED) is 0.528. The smallest absolute Gasteiger partial charge is 0.254 e. The highest BCUT2D eigenvalue weighted by atomic mass is 19.1. The van der Waals surface area contributed by atoms with Crippen LogP contribution in [0.2, 0.25) is 0 Å². The van der Waals surface area contributed by atoms with Crippen molar-refractivity contribution in [2.45, 2.75) is 31.8 Å². The number of hydrogen-bond acceptors (Lipinski definition) is 3. The SMILES string of the molecule is O=C(NCCCC(=O)N1CCC(Oc2ccc(F)cc2F)CC1)c1ccc(F)cc1F. The maximum absolute atomic E-state index is 13.7. The van der Waals surface area contributed by atoms with Crippen molar-refractivity contribution in [3.63, 3.8) is 0 Å². The molecule has 1 N–H and O–H groups in total. The van der Waals surface area contributed by atoms with Crippen LogP contribution in [0.1, 0.15) is 36.0 Å². The summed E-state index contributed by atoms with van der Waals surface area (Å²) in [6.07, 6.45) is 1.33. The van der Waals surface area contributed by atoms with Crippen molar-refractivity contribution in [2.24, 2.45) is 0 Å². The number of carbonyl (C=O) groups excluding carboxylic acids is 2. The zero-order valence-corrected chi connectivity index (χ0v) is 16.7. The second kappa shape index (κ2) is 10.3. The van der Waals surface area contributed by atoms with Crippen LogP contribution in [-0.4, -0.2) is 42.5 Å². The zero-order valence-electron chi connectivity index (χ0n) is 16.7. The minimum atomic E-state index is -0.945. The number of benzene rings is 2. The Hall–Kier alpha value is -3.10. The fraction of sp³-hybridized carbons (Fsp3) is 0.364. The van der Waals surface area contributed by atoms with Gasteiger partial charge in [0.1, 0.15) is 23.6 Å². The van der Waals surface area contributed by atoms with E-state index in [1.807, 2.05) is 0 Å². The molecule has 1 aliphatic heterocycles. The fourth-order valence-electron chi connectivity index (χ4n) is 3.34. The number of nitrogens with one attached hydrogen (secondary N) is 1. The van der Waals surface area contributed by atoms with Crippen LogP contribution in [-0.2, 0) is 4.79 Å². The van der Waals surface area contributed by atoms with Gasteiger partial charge in [0.15, 0.2) is 11.6 Å². The second-order valence-corrected chi connectivity index (χ2v) is 7.26. The highest BCUT2D eigenvalue weighted by Crippen LogP contribution is 2.23. The summed E-state index contributed by atoms with van der Waals surface area (Å²) in [7, 11) is 0. The molecular weight excluding hydrogens is 416 g/mol. The molecule has 0 spiro atoms. The van der Waals surface area contributed by atoms with Crippen LogP contribution in [0, 0.1) is 23.3 Å². The van der Waals surface area contributed by atoms with E-state index in [0.717, 1.165) is 24.3 Å². The van der Waals surface area contributed by atoms with E-state index in [-0.39, 0.29) is 36.3 Å². The maximum atomic E-state index is 13.7. The van der Waals surface area contributed by atoms with E-state index in [1.54, 1.807) is 4.90 Å². The summed E-state index contributed by atoms with van der Waals surface area (Å²) in [6, 6.07) is 5.83. The van der Waals surface area contributed by atoms with E-state index < -0.39 is 29.2 Å². The summed E-state index contributed by atoms with van der Waals surface area (Å²) < 4.78 is 58.7. The number of carbonyl (C=O) groups is 2. The van der Waals surface area contributed by atoms with Crippen molar-refractivity contribution in [1.82, 2.24) is 10.2 Å². The third kappa shape index (κ3) is 6.19. The summed E-state index contributed by atoms with van der Waals surface area (Å²) in [5, 5.41) is 2.51. The number of halogens is 4. The predicted molar refractivity (Wildman–Crippen MR) is 105 cm³/mol. The van der Waals surface area contributed by atoms with Crippen LogP contribution in [0.15, 0.2) is 36.4 Å². The van der Waals surface area contributed by atoms with E-state index in [0.29, 0.717) is 38.4 Å². The number of ether oxygens (including phenoxy) is 1. The Morgan fingerprint density at radius 2 is 1.61 bits per heavy atom. The average molecular weight is 438 g/mol. The molecule has 1 aliphatic rings. The van der Waals surface area contributed by atoms with Crippen LogP contribution < -0.4 is 10.1 Å². The van der Waals surface area contributed by atoms with Gasteiger partial charge in [0.2, 0.25) is 5.91 Å². The number of piperidine rings is 1. The molecule has 0 atom stereocenters. The molecule has 1 fully saturated rings. The normalized spacial score (nSPS) is 14.4. The number of nitrogens with zero attached hydrogens (tertiary/aromatic N) is 1. The molecule has 9 heteroatoms. The number of likely N-dealkylation sites (tertiary alicyclic amines) is 1. The standard InChI is InChI=1S/C22H22F4N2O3/c23-14-3-5-17(18(25)12-14)22(30)27-9-1-2-21(29)28-10-7-16(8-11-28)31-20-6-4-15(24)13-19(20)26/h3-6,12-13,16H,1-2,7-11H2,(H,27,30). The van der Waals surface area contributed by atoms with Gasteiger partial charge < -0.3 is 15.0 Å². The van der Waals surface area contributed by atoms with Gasteiger partial charge in [-0.1, -0.05) is 0 Å². The molecule has 2 aromatic rings. The molecule has 5 nitrogen and oxygen atoms in total. The van der Waals surface area contributed by atoms with Crippen molar-refractivity contribution >= 4 is 11.8 Å². The van der Waals surface area contributed by atoms with Gasteiger partial charge in [-0.25, -0.2) is 17.6 Å². The van der Waals surface area contributed by atoms with Crippen LogP contribution in [0.3, 0.4) is 0 Å². The molecule has 0 radical (unpaired) electrons. The third-order valence-electron chi connectivity index (χ3n) is 5.01. The Labute approximate surface area is 177 Å². The van der Waals surface area contributed by atoms with Crippen LogP contribution >= 0.6 is 0 Å². The molecule has 166 valence electrons. The minimum Gasteiger partial charge on any atom is -0.487 e. The molecular formula is C22H22F4N2O3. The third-order valence-corrected chi connectivity index (χ3v) is 5.01. The minimum absolute atomic E-state index is 0.0143. The predicted octanol–water partition coefficient (Wildman–Crippen LogP) is 3.82. The maximum Gasteiger partial charge on any atom is 0.254 e. The lowest BCUT2D eigenvalue weighted by atomic mass is 10.1. The molecule has 0 aliphatic carbocycles. The van der Waals surface area contributed by atoms with E-state index >= 15 is 0 Å². The largest absolute Gasteiger partial charge is 0.487 e. The Morgan fingerprint density at radius 3 is 2.26 bits per heavy atom. The van der Waals surface area contributed by atoms with Crippen molar-refractivity contribution < 1.29 is 31.9 Å². The molecule has 0 saturated carbocycles. The molecule has 0 unspecified atom stereocenters. The Kier molecular flexibility index (Phi) is 7.49. The Morgan fingerprint density at radius 1 is 0.968 bits per heavy atom.